The second-order valence-electron chi connectivity index (χ2n) is 6.46. The third-order valence-electron chi connectivity index (χ3n) is 4.38. The molecule has 2 N–H and O–H groups in total. The second-order valence-corrected chi connectivity index (χ2v) is 8.25. The molecule has 0 fully saturated rings. The lowest BCUT2D eigenvalue weighted by atomic mass is 10.3. The molecule has 0 bridgehead atoms. The Balaban J connectivity index is 2.09. The van der Waals surface area contributed by atoms with E-state index in [-0.39, 0.29) is 27.6 Å². The predicted octanol–water partition coefficient (Wildman–Crippen LogP) is 3.35. The maximum Gasteiger partial charge on any atom is 0.353 e. The highest BCUT2D eigenvalue weighted by molar-refractivity contribution is 7.90. The Bertz CT molecular complexity index is 1420. The van der Waals surface area contributed by atoms with Gasteiger partial charge in [0, 0.05) is 6.21 Å². The average Bonchev–Trinajstić information content (AvgIpc) is 3.36. The summed E-state index contributed by atoms with van der Waals surface area (Å²) in [4.78, 5) is 20.6. The van der Waals surface area contributed by atoms with E-state index in [4.69, 9.17) is 4.42 Å². The Labute approximate surface area is 176 Å². The molecule has 0 aliphatic carbocycles. The van der Waals surface area contributed by atoms with Gasteiger partial charge in [-0.1, -0.05) is 18.2 Å². The fraction of sp³-hybridized carbons (Fsp3) is 0.100. The van der Waals surface area contributed by atoms with Crippen molar-refractivity contribution in [3.05, 3.63) is 60.0 Å². The number of aryl methyl sites for hydroxylation is 1. The number of carbonyl (C=O) groups is 1. The first-order valence-electron chi connectivity index (χ1n) is 9.11. The van der Waals surface area contributed by atoms with Gasteiger partial charge in [-0.3, -0.25) is 5.43 Å². The monoisotopic (exact) mass is 439 g/mol. The van der Waals surface area contributed by atoms with Crippen LogP contribution in [0.3, 0.4) is 0 Å². The molecule has 0 saturated heterocycles. The molecule has 0 amide bonds. The van der Waals surface area contributed by atoms with E-state index >= 15 is 0 Å². The number of carboxylic acid groups (broad SMARTS) is 1. The Morgan fingerprint density at radius 2 is 1.94 bits per heavy atom. The number of fused-ring (bicyclic) bond motifs is 1. The number of rotatable bonds is 6. The summed E-state index contributed by atoms with van der Waals surface area (Å²) in [5.74, 6) is -0.313. The van der Waals surface area contributed by atoms with Crippen molar-refractivity contribution >= 4 is 39.1 Å². The van der Waals surface area contributed by atoms with Crippen molar-refractivity contribution in [2.24, 2.45) is 5.10 Å². The second kappa shape index (κ2) is 7.69. The quantitative estimate of drug-likeness (QED) is 0.344. The summed E-state index contributed by atoms with van der Waals surface area (Å²) in [6, 6.07) is 12.1. The molecule has 3 aromatic heterocycles. The van der Waals surface area contributed by atoms with Crippen molar-refractivity contribution < 1.29 is 22.7 Å². The van der Waals surface area contributed by atoms with Crippen LogP contribution in [0.15, 0.2) is 62.9 Å². The highest BCUT2D eigenvalue weighted by Crippen LogP contribution is 2.31. The molecule has 0 spiro atoms. The number of hydrogen-bond donors (Lipinski definition) is 2. The molecule has 0 atom stereocenters. The summed E-state index contributed by atoms with van der Waals surface area (Å²) in [7, 11) is -4.28. The largest absolute Gasteiger partial charge is 0.477 e. The lowest BCUT2D eigenvalue weighted by molar-refractivity contribution is 0.0689. The highest BCUT2D eigenvalue weighted by atomic mass is 32.2. The van der Waals surface area contributed by atoms with Gasteiger partial charge in [-0.25, -0.2) is 27.2 Å². The van der Waals surface area contributed by atoms with Gasteiger partial charge in [0.1, 0.15) is 11.5 Å². The summed E-state index contributed by atoms with van der Waals surface area (Å²) < 4.78 is 33.0. The normalized spacial score (nSPS) is 11.9. The minimum atomic E-state index is -4.28. The number of furan rings is 1. The summed E-state index contributed by atoms with van der Waals surface area (Å²) in [5.41, 5.74) is 2.10. The number of anilines is 1. The van der Waals surface area contributed by atoms with Gasteiger partial charge >= 0.3 is 5.97 Å². The van der Waals surface area contributed by atoms with Crippen molar-refractivity contribution in [2.45, 2.75) is 18.7 Å². The van der Waals surface area contributed by atoms with Crippen LogP contribution in [0.1, 0.15) is 23.2 Å². The number of nitrogens with one attached hydrogen (secondary N) is 1. The van der Waals surface area contributed by atoms with Gasteiger partial charge in [-0.2, -0.15) is 5.10 Å². The maximum absolute atomic E-state index is 13.4. The van der Waals surface area contributed by atoms with Crippen LogP contribution in [0.25, 0.3) is 22.6 Å². The van der Waals surface area contributed by atoms with Crippen molar-refractivity contribution in [3.63, 3.8) is 0 Å². The minimum absolute atomic E-state index is 0.0777. The first kappa shape index (κ1) is 20.3. The van der Waals surface area contributed by atoms with Crippen LogP contribution in [0.2, 0.25) is 0 Å². The molecular formula is C20H17N5O5S. The molecule has 0 saturated carbocycles. The van der Waals surface area contributed by atoms with E-state index in [0.29, 0.717) is 15.5 Å². The first-order valence-corrected chi connectivity index (χ1v) is 10.5. The smallest absolute Gasteiger partial charge is 0.353 e. The number of hydrogen-bond acceptors (Lipinski definition) is 8. The zero-order valence-electron chi connectivity index (χ0n) is 16.5. The zero-order valence-corrected chi connectivity index (χ0v) is 17.3. The van der Waals surface area contributed by atoms with E-state index in [1.54, 1.807) is 44.2 Å². The van der Waals surface area contributed by atoms with Crippen LogP contribution in [-0.4, -0.2) is 39.6 Å². The van der Waals surface area contributed by atoms with E-state index in [0.717, 1.165) is 0 Å². The molecule has 0 aliphatic heterocycles. The van der Waals surface area contributed by atoms with Crippen molar-refractivity contribution in [1.82, 2.24) is 13.9 Å². The van der Waals surface area contributed by atoms with E-state index in [9.17, 15) is 18.3 Å². The topological polar surface area (TPSA) is 140 Å². The molecule has 0 aliphatic rings. The van der Waals surface area contributed by atoms with E-state index in [1.807, 2.05) is 0 Å². The number of benzene rings is 1. The van der Waals surface area contributed by atoms with Gasteiger partial charge in [0.2, 0.25) is 0 Å². The van der Waals surface area contributed by atoms with Gasteiger partial charge in [0.15, 0.2) is 23.0 Å². The minimum Gasteiger partial charge on any atom is -0.477 e. The number of aromatic carboxylic acids is 1. The number of carboxylic acids is 1. The van der Waals surface area contributed by atoms with E-state index < -0.39 is 21.7 Å². The molecule has 0 radical (unpaired) electrons. The molecule has 11 heteroatoms. The van der Waals surface area contributed by atoms with E-state index in [2.05, 4.69) is 20.5 Å². The molecule has 4 aromatic rings. The Hall–Kier alpha value is -3.99. The molecule has 1 aromatic carbocycles. The van der Waals surface area contributed by atoms with Gasteiger partial charge in [0.25, 0.3) is 10.0 Å². The van der Waals surface area contributed by atoms with Gasteiger partial charge in [-0.15, -0.1) is 0 Å². The van der Waals surface area contributed by atoms with Crippen LogP contribution in [0, 0.1) is 6.92 Å². The van der Waals surface area contributed by atoms with Crippen LogP contribution in [-0.2, 0) is 10.0 Å². The standard InChI is InChI=1S/C20H17N5O5S/c1-3-21-24-17-14-11-15(20(26)27)25(31(28,29)13-7-5-4-6-8-13)19(14)23-18(22-17)16-10-9-12(2)30-16/h3-11H,1-2H3,(H,26,27)(H,22,23,24)/b21-3+. The van der Waals surface area contributed by atoms with Crippen molar-refractivity contribution in [3.8, 4) is 11.6 Å². The van der Waals surface area contributed by atoms with Gasteiger partial charge < -0.3 is 9.52 Å². The summed E-state index contributed by atoms with van der Waals surface area (Å²) >= 11 is 0. The molecule has 158 valence electrons. The molecule has 4 rings (SSSR count). The fourth-order valence-corrected chi connectivity index (χ4v) is 4.49. The van der Waals surface area contributed by atoms with Gasteiger partial charge in [0.05, 0.1) is 10.3 Å². The molecular weight excluding hydrogens is 422 g/mol. The van der Waals surface area contributed by atoms with E-state index in [1.165, 1.54) is 24.4 Å². The Morgan fingerprint density at radius 3 is 2.55 bits per heavy atom. The number of hydrazone groups is 1. The highest BCUT2D eigenvalue weighted by Gasteiger charge is 2.29. The van der Waals surface area contributed by atoms with Crippen LogP contribution in [0.5, 0.6) is 0 Å². The lowest BCUT2D eigenvalue weighted by Crippen LogP contribution is -2.19. The zero-order chi connectivity index (χ0) is 22.2. The average molecular weight is 439 g/mol. The summed E-state index contributed by atoms with van der Waals surface area (Å²) in [6.45, 7) is 3.42. The maximum atomic E-state index is 13.4. The molecule has 3 heterocycles. The van der Waals surface area contributed by atoms with Crippen molar-refractivity contribution in [1.29, 1.82) is 0 Å². The molecule has 31 heavy (non-hydrogen) atoms. The first-order chi connectivity index (χ1) is 14.8. The van der Waals surface area contributed by atoms with Gasteiger partial charge in [-0.05, 0) is 44.2 Å². The lowest BCUT2D eigenvalue weighted by Gasteiger charge is -2.10. The third kappa shape index (κ3) is 3.55. The third-order valence-corrected chi connectivity index (χ3v) is 6.10. The SMILES string of the molecule is C/C=N/Nc1nc(-c2ccc(C)o2)nc2c1cc(C(=O)O)n2S(=O)(=O)c1ccccc1. The summed E-state index contributed by atoms with van der Waals surface area (Å²) in [5, 5.41) is 13.8. The predicted molar refractivity (Wildman–Crippen MR) is 114 cm³/mol. The number of nitrogens with zero attached hydrogens (tertiary/aromatic N) is 4. The molecule has 10 nitrogen and oxygen atoms in total. The summed E-state index contributed by atoms with van der Waals surface area (Å²) in [6.07, 6.45) is 1.47. The Kier molecular flexibility index (Phi) is 5.03. The van der Waals surface area contributed by atoms with Crippen LogP contribution in [0.4, 0.5) is 5.82 Å². The fourth-order valence-electron chi connectivity index (χ4n) is 3.02. The van der Waals surface area contributed by atoms with Crippen LogP contribution >= 0.6 is 0 Å². The Morgan fingerprint density at radius 1 is 1.19 bits per heavy atom. The molecule has 0 unspecified atom stereocenters. The number of aromatic nitrogens is 3. The van der Waals surface area contributed by atoms with Crippen LogP contribution < -0.4 is 5.43 Å². The van der Waals surface area contributed by atoms with Crippen molar-refractivity contribution in [2.75, 3.05) is 5.43 Å².